The van der Waals surface area contributed by atoms with E-state index in [4.69, 9.17) is 4.74 Å². The molecule has 1 atom stereocenters. The Hall–Kier alpha value is -1.02. The number of hydrogen-bond donors (Lipinski definition) is 1. The number of hydrogen-bond acceptors (Lipinski definition) is 2. The minimum atomic E-state index is 0.363. The summed E-state index contributed by atoms with van der Waals surface area (Å²) >= 11 is 0. The van der Waals surface area contributed by atoms with Gasteiger partial charge in [-0.25, -0.2) is 0 Å². The number of rotatable bonds is 6. The van der Waals surface area contributed by atoms with Crippen molar-refractivity contribution in [3.63, 3.8) is 0 Å². The van der Waals surface area contributed by atoms with Crippen LogP contribution in [0.5, 0.6) is 5.75 Å². The Morgan fingerprint density at radius 1 is 1.28 bits per heavy atom. The fraction of sp³-hybridized carbons (Fsp3) is 0.625. The average molecular weight is 247 g/mol. The molecule has 1 aliphatic rings. The summed E-state index contributed by atoms with van der Waals surface area (Å²) in [6, 6.07) is 8.82. The lowest BCUT2D eigenvalue weighted by Crippen LogP contribution is -2.21. The van der Waals surface area contributed by atoms with Crippen LogP contribution in [0.3, 0.4) is 0 Å². The molecule has 0 heterocycles. The molecule has 2 rings (SSSR count). The Kier molecular flexibility index (Phi) is 5.06. The van der Waals surface area contributed by atoms with Gasteiger partial charge < -0.3 is 10.1 Å². The zero-order valence-corrected chi connectivity index (χ0v) is 11.6. The van der Waals surface area contributed by atoms with E-state index in [9.17, 15) is 0 Å². The van der Waals surface area contributed by atoms with E-state index >= 15 is 0 Å². The van der Waals surface area contributed by atoms with Crippen molar-refractivity contribution in [2.45, 2.75) is 58.1 Å². The van der Waals surface area contributed by atoms with Crippen LogP contribution in [0.25, 0.3) is 0 Å². The zero-order valence-electron chi connectivity index (χ0n) is 11.6. The SMILES string of the molecule is CCCNC(C)c1ccccc1OC1CCCC1. The fourth-order valence-corrected chi connectivity index (χ4v) is 2.60. The molecule has 0 spiro atoms. The first-order valence-corrected chi connectivity index (χ1v) is 7.30. The summed E-state index contributed by atoms with van der Waals surface area (Å²) in [6.45, 7) is 5.46. The summed E-state index contributed by atoms with van der Waals surface area (Å²) < 4.78 is 6.17. The molecule has 1 unspecified atom stereocenters. The topological polar surface area (TPSA) is 21.3 Å². The van der Waals surface area contributed by atoms with Crippen molar-refractivity contribution in [1.82, 2.24) is 5.32 Å². The fourth-order valence-electron chi connectivity index (χ4n) is 2.60. The molecule has 0 saturated heterocycles. The molecule has 0 amide bonds. The molecule has 0 aromatic heterocycles. The maximum Gasteiger partial charge on any atom is 0.124 e. The van der Waals surface area contributed by atoms with Gasteiger partial charge >= 0.3 is 0 Å². The smallest absolute Gasteiger partial charge is 0.124 e. The summed E-state index contributed by atoms with van der Waals surface area (Å²) in [5, 5.41) is 3.53. The molecular weight excluding hydrogens is 222 g/mol. The predicted molar refractivity (Wildman–Crippen MR) is 76.0 cm³/mol. The van der Waals surface area contributed by atoms with Gasteiger partial charge in [0.15, 0.2) is 0 Å². The monoisotopic (exact) mass is 247 g/mol. The van der Waals surface area contributed by atoms with E-state index in [1.807, 2.05) is 0 Å². The number of para-hydroxylation sites is 1. The average Bonchev–Trinajstić information content (AvgIpc) is 2.89. The first-order valence-electron chi connectivity index (χ1n) is 7.30. The van der Waals surface area contributed by atoms with Gasteiger partial charge in [-0.05, 0) is 51.6 Å². The van der Waals surface area contributed by atoms with Crippen molar-refractivity contribution in [1.29, 1.82) is 0 Å². The van der Waals surface area contributed by atoms with Gasteiger partial charge in [-0.1, -0.05) is 25.1 Å². The number of benzene rings is 1. The second-order valence-corrected chi connectivity index (χ2v) is 5.24. The minimum Gasteiger partial charge on any atom is -0.490 e. The second-order valence-electron chi connectivity index (χ2n) is 5.24. The van der Waals surface area contributed by atoms with Crippen LogP contribution in [0.4, 0.5) is 0 Å². The van der Waals surface area contributed by atoms with Gasteiger partial charge in [0.05, 0.1) is 6.10 Å². The van der Waals surface area contributed by atoms with Gasteiger partial charge in [0.2, 0.25) is 0 Å². The van der Waals surface area contributed by atoms with Gasteiger partial charge in [0, 0.05) is 11.6 Å². The van der Waals surface area contributed by atoms with E-state index in [0.29, 0.717) is 12.1 Å². The highest BCUT2D eigenvalue weighted by Crippen LogP contribution is 2.29. The molecule has 1 fully saturated rings. The normalized spacial score (nSPS) is 17.9. The van der Waals surface area contributed by atoms with Crippen LogP contribution in [-0.2, 0) is 0 Å². The van der Waals surface area contributed by atoms with Gasteiger partial charge in [0.1, 0.15) is 5.75 Å². The Bertz CT molecular complexity index is 358. The van der Waals surface area contributed by atoms with Crippen LogP contribution in [0.2, 0.25) is 0 Å². The van der Waals surface area contributed by atoms with Crippen molar-refractivity contribution in [3.05, 3.63) is 29.8 Å². The Morgan fingerprint density at radius 3 is 2.72 bits per heavy atom. The molecule has 1 aromatic rings. The lowest BCUT2D eigenvalue weighted by atomic mass is 10.1. The third-order valence-corrected chi connectivity index (χ3v) is 3.68. The summed E-state index contributed by atoms with van der Waals surface area (Å²) in [4.78, 5) is 0. The van der Waals surface area contributed by atoms with Gasteiger partial charge in [-0.3, -0.25) is 0 Å². The first-order chi connectivity index (χ1) is 8.81. The van der Waals surface area contributed by atoms with E-state index in [-0.39, 0.29) is 0 Å². The molecule has 0 bridgehead atoms. The highest BCUT2D eigenvalue weighted by atomic mass is 16.5. The molecule has 100 valence electrons. The number of ether oxygens (including phenoxy) is 1. The first kappa shape index (κ1) is 13.4. The van der Waals surface area contributed by atoms with E-state index in [2.05, 4.69) is 43.4 Å². The molecule has 1 aliphatic carbocycles. The summed E-state index contributed by atoms with van der Waals surface area (Å²) in [5.41, 5.74) is 1.29. The van der Waals surface area contributed by atoms with Crippen LogP contribution in [-0.4, -0.2) is 12.6 Å². The highest BCUT2D eigenvalue weighted by molar-refractivity contribution is 5.35. The van der Waals surface area contributed by atoms with Crippen LogP contribution >= 0.6 is 0 Å². The van der Waals surface area contributed by atoms with E-state index in [0.717, 1.165) is 18.7 Å². The van der Waals surface area contributed by atoms with Crippen molar-refractivity contribution in [2.75, 3.05) is 6.54 Å². The minimum absolute atomic E-state index is 0.363. The highest BCUT2D eigenvalue weighted by Gasteiger charge is 2.19. The lowest BCUT2D eigenvalue weighted by molar-refractivity contribution is 0.206. The van der Waals surface area contributed by atoms with Crippen LogP contribution in [0.1, 0.15) is 57.6 Å². The largest absolute Gasteiger partial charge is 0.490 e. The van der Waals surface area contributed by atoms with Gasteiger partial charge in [-0.15, -0.1) is 0 Å². The summed E-state index contributed by atoms with van der Waals surface area (Å²) in [5.74, 6) is 1.07. The van der Waals surface area contributed by atoms with E-state index in [1.165, 1.54) is 31.2 Å². The molecule has 2 nitrogen and oxygen atoms in total. The molecular formula is C16H25NO. The predicted octanol–water partition coefficient (Wildman–Crippen LogP) is 4.07. The molecule has 1 aromatic carbocycles. The maximum absolute atomic E-state index is 6.17. The molecule has 2 heteroatoms. The number of nitrogens with one attached hydrogen (secondary N) is 1. The quantitative estimate of drug-likeness (QED) is 0.818. The van der Waals surface area contributed by atoms with Gasteiger partial charge in [0.25, 0.3) is 0 Å². The Balaban J connectivity index is 2.04. The van der Waals surface area contributed by atoms with Crippen LogP contribution in [0, 0.1) is 0 Å². The summed E-state index contributed by atoms with van der Waals surface area (Å²) in [6.07, 6.45) is 6.66. The molecule has 0 radical (unpaired) electrons. The van der Waals surface area contributed by atoms with Crippen molar-refractivity contribution in [2.24, 2.45) is 0 Å². The van der Waals surface area contributed by atoms with Crippen molar-refractivity contribution in [3.8, 4) is 5.75 Å². The lowest BCUT2D eigenvalue weighted by Gasteiger charge is -2.20. The zero-order chi connectivity index (χ0) is 12.8. The Labute approximate surface area is 111 Å². The molecule has 18 heavy (non-hydrogen) atoms. The maximum atomic E-state index is 6.17. The van der Waals surface area contributed by atoms with Gasteiger partial charge in [-0.2, -0.15) is 0 Å². The van der Waals surface area contributed by atoms with Crippen molar-refractivity contribution < 1.29 is 4.74 Å². The van der Waals surface area contributed by atoms with Crippen molar-refractivity contribution >= 4 is 0 Å². The molecule has 0 aliphatic heterocycles. The Morgan fingerprint density at radius 2 is 2.00 bits per heavy atom. The van der Waals surface area contributed by atoms with Crippen LogP contribution < -0.4 is 10.1 Å². The second kappa shape index (κ2) is 6.79. The standard InChI is InChI=1S/C16H25NO/c1-3-12-17-13(2)15-10-6-7-11-16(15)18-14-8-4-5-9-14/h6-7,10-11,13-14,17H,3-5,8-9,12H2,1-2H3. The summed E-state index contributed by atoms with van der Waals surface area (Å²) in [7, 11) is 0. The third-order valence-electron chi connectivity index (χ3n) is 3.68. The third kappa shape index (κ3) is 3.49. The molecule has 1 saturated carbocycles. The van der Waals surface area contributed by atoms with E-state index < -0.39 is 0 Å². The van der Waals surface area contributed by atoms with Crippen LogP contribution in [0.15, 0.2) is 24.3 Å². The molecule has 1 N–H and O–H groups in total. The van der Waals surface area contributed by atoms with E-state index in [1.54, 1.807) is 0 Å².